The molecule has 7 heteroatoms. The van der Waals surface area contributed by atoms with E-state index in [1.807, 2.05) is 36.5 Å². The molecule has 0 aliphatic rings. The van der Waals surface area contributed by atoms with Gasteiger partial charge in [-0.2, -0.15) is 0 Å². The van der Waals surface area contributed by atoms with Crippen molar-refractivity contribution in [2.45, 2.75) is 6.54 Å². The molecule has 1 rings (SSSR count). The summed E-state index contributed by atoms with van der Waals surface area (Å²) in [5.74, 6) is -1.08. The topological polar surface area (TPSA) is 72.9 Å². The lowest BCUT2D eigenvalue weighted by Gasteiger charge is -2.21. The van der Waals surface area contributed by atoms with Gasteiger partial charge in [-0.1, -0.05) is 6.07 Å². The van der Waals surface area contributed by atoms with Crippen molar-refractivity contribution >= 4 is 23.2 Å². The Morgan fingerprint density at radius 1 is 1.30 bits per heavy atom. The van der Waals surface area contributed by atoms with E-state index in [1.54, 1.807) is 16.2 Å². The highest BCUT2D eigenvalue weighted by atomic mass is 32.1. The van der Waals surface area contributed by atoms with Crippen molar-refractivity contribution in [3.05, 3.63) is 22.4 Å². The number of carboxylic acid groups (broad SMARTS) is 1. The summed E-state index contributed by atoms with van der Waals surface area (Å²) in [6, 6.07) is 3.88. The lowest BCUT2D eigenvalue weighted by Crippen LogP contribution is -2.42. The molecular weight excluding hydrogens is 278 g/mol. The van der Waals surface area contributed by atoms with Gasteiger partial charge in [-0.05, 0) is 25.5 Å². The number of nitrogens with one attached hydrogen (secondary N) is 1. The van der Waals surface area contributed by atoms with Crippen LogP contribution in [0.2, 0.25) is 0 Å². The number of carboxylic acids is 1. The summed E-state index contributed by atoms with van der Waals surface area (Å²) < 4.78 is 0. The first-order valence-corrected chi connectivity index (χ1v) is 7.23. The van der Waals surface area contributed by atoms with Gasteiger partial charge in [-0.3, -0.25) is 14.5 Å². The van der Waals surface area contributed by atoms with E-state index in [2.05, 4.69) is 5.32 Å². The number of rotatable bonds is 9. The van der Waals surface area contributed by atoms with Gasteiger partial charge >= 0.3 is 5.97 Å². The maximum atomic E-state index is 11.8. The van der Waals surface area contributed by atoms with Crippen molar-refractivity contribution in [2.24, 2.45) is 0 Å². The summed E-state index contributed by atoms with van der Waals surface area (Å²) >= 11 is 1.58. The number of hydrogen-bond acceptors (Lipinski definition) is 5. The zero-order valence-corrected chi connectivity index (χ0v) is 12.7. The van der Waals surface area contributed by atoms with Crippen LogP contribution in [0.4, 0.5) is 0 Å². The molecule has 0 saturated heterocycles. The first-order valence-electron chi connectivity index (χ1n) is 6.35. The van der Waals surface area contributed by atoms with E-state index in [-0.39, 0.29) is 19.0 Å². The number of nitrogens with zero attached hydrogens (tertiary/aromatic N) is 2. The van der Waals surface area contributed by atoms with Gasteiger partial charge in [-0.25, -0.2) is 0 Å². The smallest absolute Gasteiger partial charge is 0.317 e. The minimum Gasteiger partial charge on any atom is -0.480 e. The van der Waals surface area contributed by atoms with Gasteiger partial charge in [0, 0.05) is 18.0 Å². The normalized spacial score (nSPS) is 11.0. The van der Waals surface area contributed by atoms with Gasteiger partial charge in [0.05, 0.1) is 19.6 Å². The summed E-state index contributed by atoms with van der Waals surface area (Å²) in [4.78, 5) is 27.3. The molecule has 2 N–H and O–H groups in total. The fraction of sp³-hybridized carbons (Fsp3) is 0.538. The third kappa shape index (κ3) is 7.22. The molecule has 0 saturated carbocycles. The molecule has 0 unspecified atom stereocenters. The van der Waals surface area contributed by atoms with Crippen LogP contribution < -0.4 is 5.32 Å². The van der Waals surface area contributed by atoms with Gasteiger partial charge in [0.25, 0.3) is 0 Å². The summed E-state index contributed by atoms with van der Waals surface area (Å²) in [7, 11) is 3.83. The predicted molar refractivity (Wildman–Crippen MR) is 78.8 cm³/mol. The van der Waals surface area contributed by atoms with Crippen molar-refractivity contribution < 1.29 is 14.7 Å². The zero-order chi connectivity index (χ0) is 15.0. The van der Waals surface area contributed by atoms with Crippen LogP contribution in [0.25, 0.3) is 0 Å². The third-order valence-electron chi connectivity index (χ3n) is 2.63. The summed E-state index contributed by atoms with van der Waals surface area (Å²) in [6.45, 7) is 1.73. The highest BCUT2D eigenvalue weighted by molar-refractivity contribution is 7.09. The highest BCUT2D eigenvalue weighted by Gasteiger charge is 2.14. The largest absolute Gasteiger partial charge is 0.480 e. The van der Waals surface area contributed by atoms with Gasteiger partial charge in [0.15, 0.2) is 0 Å². The van der Waals surface area contributed by atoms with E-state index in [1.165, 1.54) is 0 Å². The fourth-order valence-corrected chi connectivity index (χ4v) is 2.25. The van der Waals surface area contributed by atoms with Crippen LogP contribution in [-0.2, 0) is 16.1 Å². The molecule has 0 bridgehead atoms. The number of likely N-dealkylation sites (N-methyl/N-ethyl adjacent to an activating group) is 1. The van der Waals surface area contributed by atoms with E-state index in [0.717, 1.165) is 4.88 Å². The number of aliphatic carboxylic acids is 1. The maximum absolute atomic E-state index is 11.8. The Labute approximate surface area is 123 Å². The molecule has 0 aliphatic carbocycles. The van der Waals surface area contributed by atoms with Crippen molar-refractivity contribution in [3.8, 4) is 0 Å². The molecule has 1 aromatic rings. The molecular formula is C13H21N3O3S. The van der Waals surface area contributed by atoms with E-state index in [0.29, 0.717) is 19.6 Å². The lowest BCUT2D eigenvalue weighted by atomic mass is 10.4. The quantitative estimate of drug-likeness (QED) is 0.687. The molecule has 6 nitrogen and oxygen atoms in total. The molecule has 1 heterocycles. The van der Waals surface area contributed by atoms with Crippen LogP contribution in [0, 0.1) is 0 Å². The molecule has 1 amide bonds. The monoisotopic (exact) mass is 299 g/mol. The second kappa shape index (κ2) is 8.68. The van der Waals surface area contributed by atoms with Crippen LogP contribution in [-0.4, -0.2) is 67.1 Å². The predicted octanol–water partition coefficient (Wildman–Crippen LogP) is 0.313. The summed E-state index contributed by atoms with van der Waals surface area (Å²) in [5, 5.41) is 13.6. The molecule has 0 fully saturated rings. The van der Waals surface area contributed by atoms with Crippen molar-refractivity contribution in [1.29, 1.82) is 0 Å². The number of thiophene rings is 1. The van der Waals surface area contributed by atoms with E-state index in [4.69, 9.17) is 5.11 Å². The fourth-order valence-electron chi connectivity index (χ4n) is 1.60. The highest BCUT2D eigenvalue weighted by Crippen LogP contribution is 2.07. The van der Waals surface area contributed by atoms with Crippen molar-refractivity contribution in [2.75, 3.05) is 40.3 Å². The first kappa shape index (κ1) is 16.6. The Kier molecular flexibility index (Phi) is 7.21. The molecule has 0 aromatic carbocycles. The standard InChI is InChI=1S/C13H21N3O3S/c1-15(2)5-6-16(10-13(18)19)9-12(17)14-8-11-4-3-7-20-11/h3-4,7H,5-6,8-10H2,1-2H3,(H,14,17)(H,18,19). The zero-order valence-electron chi connectivity index (χ0n) is 11.8. The van der Waals surface area contributed by atoms with Gasteiger partial charge in [0.1, 0.15) is 0 Å². The third-order valence-corrected chi connectivity index (χ3v) is 3.51. The van der Waals surface area contributed by atoms with Gasteiger partial charge in [-0.15, -0.1) is 11.3 Å². The van der Waals surface area contributed by atoms with Crippen LogP contribution in [0.3, 0.4) is 0 Å². The van der Waals surface area contributed by atoms with Gasteiger partial charge in [0.2, 0.25) is 5.91 Å². The van der Waals surface area contributed by atoms with E-state index >= 15 is 0 Å². The molecule has 112 valence electrons. The molecule has 0 spiro atoms. The Morgan fingerprint density at radius 3 is 2.60 bits per heavy atom. The number of carbonyl (C=O) groups excluding carboxylic acids is 1. The molecule has 1 aromatic heterocycles. The minimum absolute atomic E-state index is 0.103. The lowest BCUT2D eigenvalue weighted by molar-refractivity contribution is -0.138. The average molecular weight is 299 g/mol. The van der Waals surface area contributed by atoms with E-state index < -0.39 is 5.97 Å². The van der Waals surface area contributed by atoms with Crippen LogP contribution in [0.1, 0.15) is 4.88 Å². The van der Waals surface area contributed by atoms with Crippen LogP contribution >= 0.6 is 11.3 Å². The molecule has 20 heavy (non-hydrogen) atoms. The van der Waals surface area contributed by atoms with Crippen LogP contribution in [0.5, 0.6) is 0 Å². The number of amides is 1. The SMILES string of the molecule is CN(C)CCN(CC(=O)O)CC(=O)NCc1cccs1. The Bertz CT molecular complexity index is 421. The first-order chi connectivity index (χ1) is 9.47. The minimum atomic E-state index is -0.921. The van der Waals surface area contributed by atoms with E-state index in [9.17, 15) is 9.59 Å². The Hall–Kier alpha value is -1.44. The Morgan fingerprint density at radius 2 is 2.05 bits per heavy atom. The number of carbonyl (C=O) groups is 2. The van der Waals surface area contributed by atoms with Crippen molar-refractivity contribution in [1.82, 2.24) is 15.1 Å². The summed E-state index contributed by atoms with van der Waals surface area (Å²) in [6.07, 6.45) is 0. The second-order valence-electron chi connectivity index (χ2n) is 4.76. The molecule has 0 atom stereocenters. The molecule has 0 aliphatic heterocycles. The Balaban J connectivity index is 2.37. The summed E-state index contributed by atoms with van der Waals surface area (Å²) in [5.41, 5.74) is 0. The van der Waals surface area contributed by atoms with Gasteiger partial charge < -0.3 is 15.3 Å². The van der Waals surface area contributed by atoms with Crippen molar-refractivity contribution in [3.63, 3.8) is 0 Å². The maximum Gasteiger partial charge on any atom is 0.317 e. The van der Waals surface area contributed by atoms with Crippen LogP contribution in [0.15, 0.2) is 17.5 Å². The number of hydrogen-bond donors (Lipinski definition) is 2. The average Bonchev–Trinajstić information content (AvgIpc) is 2.86. The second-order valence-corrected chi connectivity index (χ2v) is 5.80. The molecule has 0 radical (unpaired) electrons.